The SMILES string of the molecule is C[C@]1(O)CCCN(c2nc(-c3cccnc3)nc3c2CCNCC3)C1. The third kappa shape index (κ3) is 3.50. The molecule has 2 aliphatic heterocycles. The molecule has 4 heterocycles. The summed E-state index contributed by atoms with van der Waals surface area (Å²) in [4.78, 5) is 16.2. The van der Waals surface area contributed by atoms with Crippen LogP contribution in [0.3, 0.4) is 0 Å². The van der Waals surface area contributed by atoms with E-state index in [0.29, 0.717) is 6.54 Å². The van der Waals surface area contributed by atoms with Crippen molar-refractivity contribution in [3.8, 4) is 11.4 Å². The maximum absolute atomic E-state index is 10.5. The van der Waals surface area contributed by atoms with Crippen LogP contribution in [-0.2, 0) is 12.8 Å². The van der Waals surface area contributed by atoms with Crippen LogP contribution in [-0.4, -0.2) is 51.8 Å². The Morgan fingerprint density at radius 2 is 2.12 bits per heavy atom. The lowest BCUT2D eigenvalue weighted by Gasteiger charge is -2.38. The van der Waals surface area contributed by atoms with E-state index in [1.54, 1.807) is 6.20 Å². The number of piperidine rings is 1. The highest BCUT2D eigenvalue weighted by Crippen LogP contribution is 2.31. The molecule has 0 amide bonds. The summed E-state index contributed by atoms with van der Waals surface area (Å²) in [7, 11) is 0. The highest BCUT2D eigenvalue weighted by atomic mass is 16.3. The van der Waals surface area contributed by atoms with Gasteiger partial charge in [-0.15, -0.1) is 0 Å². The molecule has 4 rings (SSSR count). The second kappa shape index (κ2) is 6.69. The average molecular weight is 339 g/mol. The minimum atomic E-state index is -0.659. The molecular formula is C19H25N5O. The summed E-state index contributed by atoms with van der Waals surface area (Å²) in [5.74, 6) is 1.72. The van der Waals surface area contributed by atoms with E-state index in [9.17, 15) is 5.11 Å². The monoisotopic (exact) mass is 339 g/mol. The van der Waals surface area contributed by atoms with Gasteiger partial charge in [0, 0.05) is 49.6 Å². The zero-order chi connectivity index (χ0) is 17.3. The van der Waals surface area contributed by atoms with Gasteiger partial charge >= 0.3 is 0 Å². The molecule has 0 saturated carbocycles. The molecule has 2 aliphatic rings. The van der Waals surface area contributed by atoms with Gasteiger partial charge < -0.3 is 15.3 Å². The summed E-state index contributed by atoms with van der Waals surface area (Å²) in [6.07, 6.45) is 7.23. The summed E-state index contributed by atoms with van der Waals surface area (Å²) in [6.45, 7) is 5.35. The highest BCUT2D eigenvalue weighted by molar-refractivity contribution is 5.60. The first-order valence-corrected chi connectivity index (χ1v) is 9.11. The van der Waals surface area contributed by atoms with Crippen molar-refractivity contribution in [3.63, 3.8) is 0 Å². The number of rotatable bonds is 2. The van der Waals surface area contributed by atoms with Crippen molar-refractivity contribution in [2.45, 2.75) is 38.2 Å². The third-order valence-corrected chi connectivity index (χ3v) is 5.06. The van der Waals surface area contributed by atoms with Crippen molar-refractivity contribution in [2.24, 2.45) is 0 Å². The van der Waals surface area contributed by atoms with Gasteiger partial charge in [-0.25, -0.2) is 9.97 Å². The largest absolute Gasteiger partial charge is 0.388 e. The molecule has 1 atom stereocenters. The van der Waals surface area contributed by atoms with Gasteiger partial charge in [0.05, 0.1) is 11.3 Å². The topological polar surface area (TPSA) is 74.2 Å². The van der Waals surface area contributed by atoms with Crippen molar-refractivity contribution >= 4 is 5.82 Å². The van der Waals surface area contributed by atoms with Crippen LogP contribution in [0.1, 0.15) is 31.0 Å². The fourth-order valence-corrected chi connectivity index (χ4v) is 3.81. The molecular weight excluding hydrogens is 314 g/mol. The van der Waals surface area contributed by atoms with E-state index in [2.05, 4.69) is 15.2 Å². The molecule has 25 heavy (non-hydrogen) atoms. The van der Waals surface area contributed by atoms with Gasteiger partial charge in [-0.2, -0.15) is 0 Å². The van der Waals surface area contributed by atoms with Gasteiger partial charge in [-0.1, -0.05) is 0 Å². The van der Waals surface area contributed by atoms with Crippen molar-refractivity contribution in [1.29, 1.82) is 0 Å². The van der Waals surface area contributed by atoms with Crippen LogP contribution in [0, 0.1) is 0 Å². The normalized spacial score (nSPS) is 23.8. The van der Waals surface area contributed by atoms with Crippen LogP contribution in [0.4, 0.5) is 5.82 Å². The molecule has 0 aromatic carbocycles. The molecule has 6 nitrogen and oxygen atoms in total. The number of anilines is 1. The Bertz CT molecular complexity index is 747. The number of β-amino-alcohol motifs (C(OH)–C–C–N with tert-alkyl or cyclic N) is 1. The number of aromatic nitrogens is 3. The molecule has 6 heteroatoms. The van der Waals surface area contributed by atoms with Crippen molar-refractivity contribution < 1.29 is 5.11 Å². The lowest BCUT2D eigenvalue weighted by atomic mass is 9.94. The second-order valence-corrected chi connectivity index (χ2v) is 7.31. The van der Waals surface area contributed by atoms with E-state index in [1.165, 1.54) is 5.56 Å². The van der Waals surface area contributed by atoms with Crippen LogP contribution in [0.2, 0.25) is 0 Å². The lowest BCUT2D eigenvalue weighted by Crippen LogP contribution is -2.47. The molecule has 0 bridgehead atoms. The van der Waals surface area contributed by atoms with Crippen LogP contribution >= 0.6 is 0 Å². The van der Waals surface area contributed by atoms with E-state index < -0.39 is 5.60 Å². The van der Waals surface area contributed by atoms with Gasteiger partial charge in [-0.3, -0.25) is 4.98 Å². The number of nitrogens with zero attached hydrogens (tertiary/aromatic N) is 4. The Morgan fingerprint density at radius 1 is 1.24 bits per heavy atom. The highest BCUT2D eigenvalue weighted by Gasteiger charge is 2.31. The van der Waals surface area contributed by atoms with Crippen molar-refractivity contribution in [3.05, 3.63) is 35.8 Å². The summed E-state index contributed by atoms with van der Waals surface area (Å²) >= 11 is 0. The summed E-state index contributed by atoms with van der Waals surface area (Å²) in [5, 5.41) is 14.0. The average Bonchev–Trinajstić information content (AvgIpc) is 2.86. The van der Waals surface area contributed by atoms with Gasteiger partial charge in [-0.05, 0) is 44.9 Å². The number of hydrogen-bond donors (Lipinski definition) is 2. The van der Waals surface area contributed by atoms with Crippen molar-refractivity contribution in [2.75, 3.05) is 31.1 Å². The number of aliphatic hydroxyl groups is 1. The van der Waals surface area contributed by atoms with Crippen LogP contribution in [0.5, 0.6) is 0 Å². The zero-order valence-electron chi connectivity index (χ0n) is 14.7. The lowest BCUT2D eigenvalue weighted by molar-refractivity contribution is 0.0446. The smallest absolute Gasteiger partial charge is 0.163 e. The van der Waals surface area contributed by atoms with Gasteiger partial charge in [0.25, 0.3) is 0 Å². The molecule has 1 fully saturated rings. The molecule has 1 saturated heterocycles. The predicted octanol–water partition coefficient (Wildman–Crippen LogP) is 1.58. The molecule has 2 aromatic rings. The summed E-state index contributed by atoms with van der Waals surface area (Å²) < 4.78 is 0. The molecule has 132 valence electrons. The van der Waals surface area contributed by atoms with Gasteiger partial charge in [0.2, 0.25) is 0 Å². The molecule has 0 spiro atoms. The number of pyridine rings is 1. The van der Waals surface area contributed by atoms with Crippen LogP contribution in [0.15, 0.2) is 24.5 Å². The Labute approximate surface area is 148 Å². The Kier molecular flexibility index (Phi) is 4.39. The van der Waals surface area contributed by atoms with Gasteiger partial charge in [0.15, 0.2) is 5.82 Å². The molecule has 0 radical (unpaired) electrons. The molecule has 0 aliphatic carbocycles. The van der Waals surface area contributed by atoms with E-state index in [4.69, 9.17) is 9.97 Å². The fraction of sp³-hybridized carbons (Fsp3) is 0.526. The summed E-state index contributed by atoms with van der Waals surface area (Å²) in [5.41, 5.74) is 2.63. The quantitative estimate of drug-likeness (QED) is 0.865. The van der Waals surface area contributed by atoms with Crippen LogP contribution in [0.25, 0.3) is 11.4 Å². The van der Waals surface area contributed by atoms with E-state index in [1.807, 2.05) is 25.3 Å². The Balaban J connectivity index is 1.80. The predicted molar refractivity (Wildman–Crippen MR) is 97.6 cm³/mol. The maximum atomic E-state index is 10.5. The molecule has 2 N–H and O–H groups in total. The van der Waals surface area contributed by atoms with Crippen molar-refractivity contribution in [1.82, 2.24) is 20.3 Å². The first-order valence-electron chi connectivity index (χ1n) is 9.11. The number of fused-ring (bicyclic) bond motifs is 1. The third-order valence-electron chi connectivity index (χ3n) is 5.06. The minimum absolute atomic E-state index is 0.621. The maximum Gasteiger partial charge on any atom is 0.163 e. The van der Waals surface area contributed by atoms with Gasteiger partial charge in [0.1, 0.15) is 5.82 Å². The Morgan fingerprint density at radius 3 is 2.92 bits per heavy atom. The fourth-order valence-electron chi connectivity index (χ4n) is 3.81. The number of nitrogens with one attached hydrogen (secondary N) is 1. The Hall–Kier alpha value is -2.05. The first-order chi connectivity index (χ1) is 12.1. The number of hydrogen-bond acceptors (Lipinski definition) is 6. The zero-order valence-corrected chi connectivity index (χ0v) is 14.7. The second-order valence-electron chi connectivity index (χ2n) is 7.31. The van der Waals surface area contributed by atoms with E-state index in [-0.39, 0.29) is 0 Å². The minimum Gasteiger partial charge on any atom is -0.388 e. The molecule has 2 aromatic heterocycles. The first kappa shape index (κ1) is 16.4. The van der Waals surface area contributed by atoms with E-state index >= 15 is 0 Å². The van der Waals surface area contributed by atoms with E-state index in [0.717, 1.165) is 68.2 Å². The summed E-state index contributed by atoms with van der Waals surface area (Å²) in [6, 6.07) is 3.91. The van der Waals surface area contributed by atoms with Crippen LogP contribution < -0.4 is 10.2 Å². The molecule has 0 unspecified atom stereocenters. The standard InChI is InChI=1S/C19H25N5O/c1-19(25)7-3-11-24(13-19)18-15-5-9-20-10-6-16(15)22-17(23-18)14-4-2-8-21-12-14/h2,4,8,12,20,25H,3,5-7,9-11,13H2,1H3/t19-/m0/s1.